The molecule has 33 heavy (non-hydrogen) atoms. The van der Waals surface area contributed by atoms with Crippen LogP contribution in [-0.4, -0.2) is 21.8 Å². The van der Waals surface area contributed by atoms with Crippen molar-refractivity contribution >= 4 is 33.9 Å². The van der Waals surface area contributed by atoms with E-state index in [2.05, 4.69) is 11.9 Å². The number of aryl methyl sites for hydroxylation is 1. The van der Waals surface area contributed by atoms with Crippen LogP contribution in [0.5, 0.6) is 0 Å². The third-order valence-electron chi connectivity index (χ3n) is 6.13. The molecule has 0 spiro atoms. The summed E-state index contributed by atoms with van der Waals surface area (Å²) < 4.78 is 0. The molecule has 5 nitrogen and oxygen atoms in total. The van der Waals surface area contributed by atoms with Crippen LogP contribution in [0.1, 0.15) is 29.7 Å². The zero-order valence-corrected chi connectivity index (χ0v) is 18.1. The molecule has 1 aromatic heterocycles. The van der Waals surface area contributed by atoms with Gasteiger partial charge in [-0.2, -0.15) is 0 Å². The standard InChI is InChI=1S/C28H22N2O3/c1-2-18-10-12-21(13-11-18)30-25(20-14-16-29-17-15-20)24(27(32)28(30)33)26(31)23-9-5-7-19-6-3-4-8-22(19)23/h3-17,25,31H,2H2,1H3/b26-24-. The van der Waals surface area contributed by atoms with E-state index in [1.807, 2.05) is 60.7 Å². The predicted molar refractivity (Wildman–Crippen MR) is 129 cm³/mol. The predicted octanol–water partition coefficient (Wildman–Crippen LogP) is 5.42. The summed E-state index contributed by atoms with van der Waals surface area (Å²) in [6.45, 7) is 2.06. The first-order valence-corrected chi connectivity index (χ1v) is 10.9. The Bertz CT molecular complexity index is 1390. The van der Waals surface area contributed by atoms with E-state index in [1.165, 1.54) is 4.90 Å². The second kappa shape index (κ2) is 8.36. The molecule has 0 radical (unpaired) electrons. The Morgan fingerprint density at radius 3 is 2.33 bits per heavy atom. The number of benzene rings is 3. The quantitative estimate of drug-likeness (QED) is 0.264. The van der Waals surface area contributed by atoms with Gasteiger partial charge in [-0.15, -0.1) is 0 Å². The number of anilines is 1. The van der Waals surface area contributed by atoms with Gasteiger partial charge in [-0.05, 0) is 52.6 Å². The maximum Gasteiger partial charge on any atom is 0.300 e. The van der Waals surface area contributed by atoms with Gasteiger partial charge in [-0.3, -0.25) is 19.5 Å². The fourth-order valence-electron chi connectivity index (χ4n) is 4.43. The number of aromatic nitrogens is 1. The zero-order valence-electron chi connectivity index (χ0n) is 18.1. The molecule has 1 saturated heterocycles. The highest BCUT2D eigenvalue weighted by Crippen LogP contribution is 2.42. The lowest BCUT2D eigenvalue weighted by atomic mass is 9.93. The Kier molecular flexibility index (Phi) is 5.23. The summed E-state index contributed by atoms with van der Waals surface area (Å²) >= 11 is 0. The SMILES string of the molecule is CCc1ccc(N2C(=O)C(=O)/C(=C(\O)c3cccc4ccccc34)C2c2ccncc2)cc1. The van der Waals surface area contributed by atoms with Gasteiger partial charge in [0.15, 0.2) is 0 Å². The number of hydrogen-bond acceptors (Lipinski definition) is 4. The van der Waals surface area contributed by atoms with Crippen LogP contribution in [-0.2, 0) is 16.0 Å². The molecule has 1 amide bonds. The highest BCUT2D eigenvalue weighted by Gasteiger charge is 2.47. The van der Waals surface area contributed by atoms with Crippen LogP contribution in [0.2, 0.25) is 0 Å². The van der Waals surface area contributed by atoms with Gasteiger partial charge >= 0.3 is 0 Å². The Morgan fingerprint density at radius 1 is 0.909 bits per heavy atom. The maximum atomic E-state index is 13.3. The molecule has 162 valence electrons. The summed E-state index contributed by atoms with van der Waals surface area (Å²) in [6, 6.07) is 23.5. The number of aliphatic hydroxyl groups is 1. The van der Waals surface area contributed by atoms with E-state index in [1.54, 1.807) is 30.6 Å². The van der Waals surface area contributed by atoms with Crippen LogP contribution in [0.25, 0.3) is 16.5 Å². The molecule has 0 aliphatic carbocycles. The number of Topliss-reactive ketones (excluding diaryl/α,β-unsaturated/α-hetero) is 1. The summed E-state index contributed by atoms with van der Waals surface area (Å²) in [7, 11) is 0. The second-order valence-electron chi connectivity index (χ2n) is 8.00. The number of amides is 1. The van der Waals surface area contributed by atoms with Crippen molar-refractivity contribution in [2.45, 2.75) is 19.4 Å². The van der Waals surface area contributed by atoms with Gasteiger partial charge in [0, 0.05) is 23.6 Å². The van der Waals surface area contributed by atoms with E-state index in [9.17, 15) is 14.7 Å². The van der Waals surface area contributed by atoms with Gasteiger partial charge in [-0.25, -0.2) is 0 Å². The van der Waals surface area contributed by atoms with Crippen molar-refractivity contribution < 1.29 is 14.7 Å². The zero-order chi connectivity index (χ0) is 22.9. The van der Waals surface area contributed by atoms with Crippen molar-refractivity contribution in [3.63, 3.8) is 0 Å². The first kappa shape index (κ1) is 20.6. The van der Waals surface area contributed by atoms with E-state index in [0.717, 1.165) is 22.8 Å². The number of fused-ring (bicyclic) bond motifs is 1. The molecule has 1 unspecified atom stereocenters. The van der Waals surface area contributed by atoms with Crippen LogP contribution in [0.3, 0.4) is 0 Å². The Morgan fingerprint density at radius 2 is 1.61 bits per heavy atom. The largest absolute Gasteiger partial charge is 0.507 e. The van der Waals surface area contributed by atoms with Crippen LogP contribution >= 0.6 is 0 Å². The van der Waals surface area contributed by atoms with Crippen molar-refractivity contribution in [2.24, 2.45) is 0 Å². The monoisotopic (exact) mass is 434 g/mol. The lowest BCUT2D eigenvalue weighted by Crippen LogP contribution is -2.29. The number of aliphatic hydroxyl groups excluding tert-OH is 1. The molecular formula is C28H22N2O3. The summed E-state index contributed by atoms with van der Waals surface area (Å²) in [6.07, 6.45) is 4.11. The molecule has 1 N–H and O–H groups in total. The molecule has 2 heterocycles. The van der Waals surface area contributed by atoms with Gasteiger partial charge in [0.2, 0.25) is 0 Å². The number of ketones is 1. The van der Waals surface area contributed by atoms with Crippen molar-refractivity contribution in [3.8, 4) is 0 Å². The topological polar surface area (TPSA) is 70.5 Å². The van der Waals surface area contributed by atoms with Crippen molar-refractivity contribution in [3.05, 3.63) is 114 Å². The van der Waals surface area contributed by atoms with E-state index < -0.39 is 17.7 Å². The number of hydrogen-bond donors (Lipinski definition) is 1. The summed E-state index contributed by atoms with van der Waals surface area (Å²) in [5.74, 6) is -1.55. The highest BCUT2D eigenvalue weighted by atomic mass is 16.3. The fourth-order valence-corrected chi connectivity index (χ4v) is 4.43. The lowest BCUT2D eigenvalue weighted by molar-refractivity contribution is -0.132. The minimum Gasteiger partial charge on any atom is -0.507 e. The van der Waals surface area contributed by atoms with Crippen molar-refractivity contribution in [1.29, 1.82) is 0 Å². The Hall–Kier alpha value is -4.25. The summed E-state index contributed by atoms with van der Waals surface area (Å²) in [5, 5.41) is 13.2. The number of pyridine rings is 1. The summed E-state index contributed by atoms with van der Waals surface area (Å²) in [5.41, 5.74) is 3.03. The molecule has 5 rings (SSSR count). The number of carbonyl (C=O) groups excluding carboxylic acids is 2. The van der Waals surface area contributed by atoms with Crippen molar-refractivity contribution in [1.82, 2.24) is 4.98 Å². The summed E-state index contributed by atoms with van der Waals surface area (Å²) in [4.78, 5) is 32.1. The van der Waals surface area contributed by atoms with E-state index in [-0.39, 0.29) is 11.3 Å². The van der Waals surface area contributed by atoms with Crippen molar-refractivity contribution in [2.75, 3.05) is 4.90 Å². The fraction of sp³-hybridized carbons (Fsp3) is 0.107. The van der Waals surface area contributed by atoms with E-state index in [4.69, 9.17) is 0 Å². The number of carbonyl (C=O) groups is 2. The minimum absolute atomic E-state index is 0.0714. The first-order valence-electron chi connectivity index (χ1n) is 10.9. The Balaban J connectivity index is 1.74. The molecule has 0 saturated carbocycles. The van der Waals surface area contributed by atoms with Gasteiger partial charge in [0.1, 0.15) is 5.76 Å². The second-order valence-corrected chi connectivity index (χ2v) is 8.00. The van der Waals surface area contributed by atoms with E-state index >= 15 is 0 Å². The smallest absolute Gasteiger partial charge is 0.300 e. The molecule has 0 bridgehead atoms. The lowest BCUT2D eigenvalue weighted by Gasteiger charge is -2.25. The molecule has 4 aromatic rings. The van der Waals surface area contributed by atoms with E-state index in [0.29, 0.717) is 16.8 Å². The Labute approximate surface area is 191 Å². The van der Waals surface area contributed by atoms with Gasteiger partial charge < -0.3 is 5.11 Å². The van der Waals surface area contributed by atoms with Gasteiger partial charge in [0.05, 0.1) is 11.6 Å². The van der Waals surface area contributed by atoms with Crippen LogP contribution < -0.4 is 4.90 Å². The number of rotatable bonds is 4. The van der Waals surface area contributed by atoms with Gasteiger partial charge in [0.25, 0.3) is 11.7 Å². The minimum atomic E-state index is -0.764. The third kappa shape index (κ3) is 3.48. The normalized spacial score (nSPS) is 17.6. The maximum absolute atomic E-state index is 13.3. The number of nitrogens with zero attached hydrogens (tertiary/aromatic N) is 2. The first-order chi connectivity index (χ1) is 16.1. The molecule has 1 fully saturated rings. The van der Waals surface area contributed by atoms with Crippen LogP contribution in [0.4, 0.5) is 5.69 Å². The average Bonchev–Trinajstić information content (AvgIpc) is 3.14. The molecular weight excluding hydrogens is 412 g/mol. The highest BCUT2D eigenvalue weighted by molar-refractivity contribution is 6.51. The van der Waals surface area contributed by atoms with Gasteiger partial charge in [-0.1, -0.05) is 61.5 Å². The molecule has 1 aliphatic rings. The van der Waals surface area contributed by atoms with Crippen LogP contribution in [0, 0.1) is 0 Å². The van der Waals surface area contributed by atoms with Crippen LogP contribution in [0.15, 0.2) is 96.8 Å². The molecule has 3 aromatic carbocycles. The average molecular weight is 434 g/mol. The molecule has 1 atom stereocenters. The third-order valence-corrected chi connectivity index (χ3v) is 6.13. The molecule has 1 aliphatic heterocycles. The molecule has 5 heteroatoms.